The van der Waals surface area contributed by atoms with E-state index in [0.717, 1.165) is 0 Å². The Hall–Kier alpha value is -1.26. The van der Waals surface area contributed by atoms with Gasteiger partial charge < -0.3 is 10.2 Å². The third-order valence-electron chi connectivity index (χ3n) is 1.79. The zero-order valence-corrected chi connectivity index (χ0v) is 8.26. The van der Waals surface area contributed by atoms with Gasteiger partial charge in [-0.1, -0.05) is 11.6 Å². The minimum atomic E-state index is -0.614. The van der Waals surface area contributed by atoms with Crippen molar-refractivity contribution in [3.8, 4) is 0 Å². The van der Waals surface area contributed by atoms with E-state index in [-0.39, 0.29) is 5.52 Å². The van der Waals surface area contributed by atoms with Gasteiger partial charge in [-0.05, 0) is 23.7 Å². The average molecular weight is 231 g/mol. The molecule has 0 aliphatic carbocycles. The summed E-state index contributed by atoms with van der Waals surface area (Å²) in [7, 11) is 0. The van der Waals surface area contributed by atoms with Crippen molar-refractivity contribution in [2.45, 2.75) is 0 Å². The van der Waals surface area contributed by atoms with E-state index in [1.807, 2.05) is 0 Å². The highest BCUT2D eigenvalue weighted by Gasteiger charge is 2.13. The molecule has 2 aromatic rings. The minimum absolute atomic E-state index is 0.238. The number of aromatic nitrogens is 2. The molecule has 4 nitrogen and oxygen atoms in total. The van der Waals surface area contributed by atoms with Crippen LogP contribution in [0.1, 0.15) is 0 Å². The van der Waals surface area contributed by atoms with Crippen LogP contribution in [0.3, 0.4) is 0 Å². The van der Waals surface area contributed by atoms with Crippen LogP contribution in [0.25, 0.3) is 11.0 Å². The molecule has 2 rings (SSSR count). The van der Waals surface area contributed by atoms with Crippen LogP contribution in [0.15, 0.2) is 23.0 Å². The molecule has 1 heterocycles. The lowest BCUT2D eigenvalue weighted by atomic mass is 10.3. The van der Waals surface area contributed by atoms with Crippen molar-refractivity contribution in [2.75, 3.05) is 0 Å². The fraction of sp³-hybridized carbons (Fsp3) is 0. The average Bonchev–Trinajstić information content (AvgIpc) is 2.16. The lowest BCUT2D eigenvalue weighted by molar-refractivity contribution is -0.575. The Kier molecular flexibility index (Phi) is 2.09. The monoisotopic (exact) mass is 230 g/mol. The molecule has 14 heavy (non-hydrogen) atoms. The van der Waals surface area contributed by atoms with Crippen LogP contribution in [0, 0.1) is 5.21 Å². The zero-order chi connectivity index (χ0) is 10.3. The van der Waals surface area contributed by atoms with Crippen molar-refractivity contribution >= 4 is 34.2 Å². The Morgan fingerprint density at radius 2 is 2.07 bits per heavy atom. The van der Waals surface area contributed by atoms with Gasteiger partial charge in [0.2, 0.25) is 5.52 Å². The van der Waals surface area contributed by atoms with E-state index in [9.17, 15) is 10.0 Å². The molecular formula is C8H4Cl2N2O2. The molecule has 0 bridgehead atoms. The Morgan fingerprint density at radius 1 is 1.36 bits per heavy atom. The van der Waals surface area contributed by atoms with Crippen molar-refractivity contribution in [3.05, 3.63) is 43.9 Å². The van der Waals surface area contributed by atoms with Gasteiger partial charge in [0, 0.05) is 11.1 Å². The third-order valence-corrected chi connectivity index (χ3v) is 2.35. The first-order valence-corrected chi connectivity index (χ1v) is 4.46. The fourth-order valence-corrected chi connectivity index (χ4v) is 1.46. The maximum Gasteiger partial charge on any atom is 0.352 e. The number of hydrogen-bond acceptors (Lipinski definition) is 2. The van der Waals surface area contributed by atoms with Gasteiger partial charge in [0.15, 0.2) is 0 Å². The fourth-order valence-electron chi connectivity index (χ4n) is 1.15. The quantitative estimate of drug-likeness (QED) is 0.551. The molecule has 0 saturated carbocycles. The van der Waals surface area contributed by atoms with Gasteiger partial charge in [0.25, 0.3) is 0 Å². The second kappa shape index (κ2) is 3.15. The minimum Gasteiger partial charge on any atom is -0.617 e. The van der Waals surface area contributed by atoms with Gasteiger partial charge >= 0.3 is 10.7 Å². The number of nitrogens with zero attached hydrogens (tertiary/aromatic N) is 1. The maximum atomic E-state index is 11.4. The summed E-state index contributed by atoms with van der Waals surface area (Å²) < 4.78 is 0.349. The van der Waals surface area contributed by atoms with Crippen LogP contribution < -0.4 is 10.3 Å². The van der Waals surface area contributed by atoms with Crippen molar-refractivity contribution in [1.82, 2.24) is 4.98 Å². The van der Waals surface area contributed by atoms with Crippen LogP contribution in [-0.4, -0.2) is 4.98 Å². The lowest BCUT2D eigenvalue weighted by Crippen LogP contribution is -2.35. The number of benzene rings is 1. The van der Waals surface area contributed by atoms with Crippen LogP contribution >= 0.6 is 23.2 Å². The summed E-state index contributed by atoms with van der Waals surface area (Å²) >= 11 is 11.2. The Balaban J connectivity index is 2.99. The summed E-state index contributed by atoms with van der Waals surface area (Å²) in [4.78, 5) is 13.6. The van der Waals surface area contributed by atoms with E-state index in [2.05, 4.69) is 4.98 Å². The lowest BCUT2D eigenvalue weighted by Gasteiger charge is -2.02. The number of nitrogens with one attached hydrogen (secondary N) is 1. The highest BCUT2D eigenvalue weighted by Crippen LogP contribution is 2.14. The predicted molar refractivity (Wildman–Crippen MR) is 53.5 cm³/mol. The molecule has 0 fully saturated rings. The highest BCUT2D eigenvalue weighted by atomic mass is 35.5. The molecule has 1 aromatic carbocycles. The largest absolute Gasteiger partial charge is 0.617 e. The first-order valence-electron chi connectivity index (χ1n) is 3.70. The van der Waals surface area contributed by atoms with Crippen molar-refractivity contribution in [2.24, 2.45) is 0 Å². The Bertz CT molecular complexity index is 565. The van der Waals surface area contributed by atoms with E-state index in [1.165, 1.54) is 6.07 Å². The predicted octanol–water partition coefficient (Wildman–Crippen LogP) is 1.47. The number of rotatable bonds is 0. The topological polar surface area (TPSA) is 59.8 Å². The molecule has 0 atom stereocenters. The van der Waals surface area contributed by atoms with Crippen LogP contribution in [0.2, 0.25) is 10.2 Å². The van der Waals surface area contributed by atoms with Crippen molar-refractivity contribution in [3.63, 3.8) is 0 Å². The molecule has 6 heteroatoms. The number of aromatic amines is 1. The van der Waals surface area contributed by atoms with Gasteiger partial charge in [0.05, 0.1) is 0 Å². The molecule has 0 saturated heterocycles. The Labute approximate surface area is 88.3 Å². The first kappa shape index (κ1) is 9.30. The van der Waals surface area contributed by atoms with Gasteiger partial charge in [-0.15, -0.1) is 4.73 Å². The van der Waals surface area contributed by atoms with Crippen LogP contribution in [-0.2, 0) is 0 Å². The summed E-state index contributed by atoms with van der Waals surface area (Å²) in [6.45, 7) is 0. The van der Waals surface area contributed by atoms with Crippen LogP contribution in [0.4, 0.5) is 0 Å². The molecule has 72 valence electrons. The SMILES string of the molecule is O=c1[nH]c2ccc(Cl)cc2[n+]([O-])c1Cl. The molecular weight excluding hydrogens is 227 g/mol. The maximum absolute atomic E-state index is 11.4. The van der Waals surface area contributed by atoms with E-state index in [1.54, 1.807) is 12.1 Å². The smallest absolute Gasteiger partial charge is 0.352 e. The molecule has 1 N–H and O–H groups in total. The third kappa shape index (κ3) is 1.32. The van der Waals surface area contributed by atoms with Gasteiger partial charge in [-0.25, -0.2) is 0 Å². The molecule has 0 spiro atoms. The standard InChI is InChI=1S/C8H4Cl2N2O2/c9-4-1-2-5-6(3-4)12(14)7(10)8(13)11-5/h1-3H,(H,11,13). The highest BCUT2D eigenvalue weighted by molar-refractivity contribution is 6.31. The molecule has 0 aliphatic rings. The molecule has 1 aromatic heterocycles. The van der Waals surface area contributed by atoms with Crippen molar-refractivity contribution in [1.29, 1.82) is 0 Å². The first-order chi connectivity index (χ1) is 6.59. The van der Waals surface area contributed by atoms with E-state index in [4.69, 9.17) is 23.2 Å². The second-order valence-corrected chi connectivity index (χ2v) is 3.50. The summed E-state index contributed by atoms with van der Waals surface area (Å²) in [5, 5.41) is 11.4. The second-order valence-electron chi connectivity index (χ2n) is 2.70. The summed E-state index contributed by atoms with van der Waals surface area (Å²) in [5.41, 5.74) is 0.0254. The van der Waals surface area contributed by atoms with E-state index < -0.39 is 10.7 Å². The summed E-state index contributed by atoms with van der Waals surface area (Å²) in [6.07, 6.45) is 0. The molecule has 0 amide bonds. The van der Waals surface area contributed by atoms with Crippen molar-refractivity contribution < 1.29 is 4.73 Å². The number of halogens is 2. The zero-order valence-electron chi connectivity index (χ0n) is 6.75. The number of H-pyrrole nitrogens is 1. The van der Waals surface area contributed by atoms with Gasteiger partial charge in [-0.3, -0.25) is 4.79 Å². The number of fused-ring (bicyclic) bond motifs is 1. The molecule has 0 unspecified atom stereocenters. The Morgan fingerprint density at radius 3 is 2.79 bits per heavy atom. The normalized spacial score (nSPS) is 10.7. The van der Waals surface area contributed by atoms with E-state index >= 15 is 0 Å². The number of hydrogen-bond donors (Lipinski definition) is 1. The van der Waals surface area contributed by atoms with Gasteiger partial charge in [-0.2, -0.15) is 0 Å². The molecule has 0 aliphatic heterocycles. The summed E-state index contributed by atoms with van der Waals surface area (Å²) in [5.74, 6) is 0. The molecule has 0 radical (unpaired) electrons. The van der Waals surface area contributed by atoms with E-state index in [0.29, 0.717) is 15.3 Å². The van der Waals surface area contributed by atoms with Gasteiger partial charge in [0.1, 0.15) is 5.52 Å². The van der Waals surface area contributed by atoms with Crippen LogP contribution in [0.5, 0.6) is 0 Å². The summed E-state index contributed by atoms with van der Waals surface area (Å²) in [6, 6.07) is 4.56.